The summed E-state index contributed by atoms with van der Waals surface area (Å²) >= 11 is 0. The molecule has 0 saturated heterocycles. The fraction of sp³-hybridized carbons (Fsp3) is 0.500. The molecule has 0 unspecified atom stereocenters. The molecule has 4 nitrogen and oxygen atoms in total. The molecule has 0 aliphatic heterocycles. The minimum Gasteiger partial charge on any atom is -0.369 e. The summed E-state index contributed by atoms with van der Waals surface area (Å²) in [5, 5.41) is 0. The summed E-state index contributed by atoms with van der Waals surface area (Å²) < 4.78 is 0. The van der Waals surface area contributed by atoms with Gasteiger partial charge in [-0.25, -0.2) is 0 Å². The SMILES string of the molecule is CC/C=C\NNC(N)=NC. The standard InChI is InChI=1S/C6H14N4/c1-3-4-5-9-10-6(7)8-2/h4-5,9H,3H2,1-2H3,(H3,7,8,10)/b5-4-. The average molecular weight is 142 g/mol. The van der Waals surface area contributed by atoms with Crippen LogP contribution in [-0.4, -0.2) is 13.0 Å². The molecule has 0 atom stereocenters. The topological polar surface area (TPSA) is 62.4 Å². The van der Waals surface area contributed by atoms with Crippen molar-refractivity contribution in [1.82, 2.24) is 10.9 Å². The van der Waals surface area contributed by atoms with E-state index in [2.05, 4.69) is 22.8 Å². The van der Waals surface area contributed by atoms with Gasteiger partial charge in [-0.2, -0.15) is 0 Å². The zero-order chi connectivity index (χ0) is 7.82. The van der Waals surface area contributed by atoms with Crippen molar-refractivity contribution in [3.63, 3.8) is 0 Å². The van der Waals surface area contributed by atoms with Gasteiger partial charge in [0.05, 0.1) is 0 Å². The smallest absolute Gasteiger partial charge is 0.207 e. The third kappa shape index (κ3) is 4.96. The summed E-state index contributed by atoms with van der Waals surface area (Å²) in [5.41, 5.74) is 10.7. The van der Waals surface area contributed by atoms with E-state index in [1.807, 2.05) is 6.08 Å². The van der Waals surface area contributed by atoms with Gasteiger partial charge < -0.3 is 11.2 Å². The van der Waals surface area contributed by atoms with Crippen LogP contribution in [0.1, 0.15) is 13.3 Å². The van der Waals surface area contributed by atoms with Crippen LogP contribution in [0, 0.1) is 0 Å². The molecule has 0 aromatic rings. The molecule has 0 heterocycles. The maximum atomic E-state index is 5.30. The molecule has 0 spiro atoms. The van der Waals surface area contributed by atoms with Crippen molar-refractivity contribution in [3.05, 3.63) is 12.3 Å². The largest absolute Gasteiger partial charge is 0.369 e. The molecular formula is C6H14N4. The molecule has 0 radical (unpaired) electrons. The van der Waals surface area contributed by atoms with Crippen molar-refractivity contribution in [1.29, 1.82) is 0 Å². The van der Waals surface area contributed by atoms with Gasteiger partial charge in [0, 0.05) is 13.2 Å². The predicted molar refractivity (Wildman–Crippen MR) is 43.2 cm³/mol. The molecule has 0 aromatic heterocycles. The maximum Gasteiger partial charge on any atom is 0.207 e. The van der Waals surface area contributed by atoms with Crippen molar-refractivity contribution >= 4 is 5.96 Å². The molecule has 0 fully saturated rings. The maximum absolute atomic E-state index is 5.30. The monoisotopic (exact) mass is 142 g/mol. The second-order valence-corrected chi connectivity index (χ2v) is 1.69. The van der Waals surface area contributed by atoms with Crippen LogP contribution in [0.3, 0.4) is 0 Å². The number of nitrogens with one attached hydrogen (secondary N) is 2. The van der Waals surface area contributed by atoms with E-state index in [4.69, 9.17) is 5.73 Å². The zero-order valence-electron chi connectivity index (χ0n) is 6.39. The Kier molecular flexibility index (Phi) is 5.23. The number of nitrogens with two attached hydrogens (primary N) is 1. The minimum atomic E-state index is 0.376. The van der Waals surface area contributed by atoms with E-state index >= 15 is 0 Å². The van der Waals surface area contributed by atoms with E-state index in [1.165, 1.54) is 0 Å². The van der Waals surface area contributed by atoms with Crippen LogP contribution in [0.5, 0.6) is 0 Å². The zero-order valence-corrected chi connectivity index (χ0v) is 6.39. The molecule has 0 aromatic carbocycles. The number of guanidine groups is 1. The number of allylic oxidation sites excluding steroid dienone is 1. The van der Waals surface area contributed by atoms with Crippen LogP contribution in [0.4, 0.5) is 0 Å². The van der Waals surface area contributed by atoms with Crippen LogP contribution < -0.4 is 16.6 Å². The fourth-order valence-electron chi connectivity index (χ4n) is 0.348. The second-order valence-electron chi connectivity index (χ2n) is 1.69. The van der Waals surface area contributed by atoms with Gasteiger partial charge in [-0.05, 0) is 6.42 Å². The van der Waals surface area contributed by atoms with Gasteiger partial charge in [-0.15, -0.1) is 0 Å². The summed E-state index contributed by atoms with van der Waals surface area (Å²) in [4.78, 5) is 3.67. The molecule has 0 amide bonds. The number of aliphatic imine (C=N–C) groups is 1. The van der Waals surface area contributed by atoms with Crippen LogP contribution in [0.2, 0.25) is 0 Å². The summed E-state index contributed by atoms with van der Waals surface area (Å²) in [6.45, 7) is 2.05. The van der Waals surface area contributed by atoms with Gasteiger partial charge in [-0.3, -0.25) is 10.4 Å². The highest BCUT2D eigenvalue weighted by Crippen LogP contribution is 1.72. The first-order valence-electron chi connectivity index (χ1n) is 3.20. The molecule has 4 heteroatoms. The summed E-state index contributed by atoms with van der Waals surface area (Å²) in [6, 6.07) is 0. The minimum absolute atomic E-state index is 0.376. The predicted octanol–water partition coefficient (Wildman–Crippen LogP) is -0.0512. The molecular weight excluding hydrogens is 128 g/mol. The highest BCUT2D eigenvalue weighted by atomic mass is 15.4. The van der Waals surface area contributed by atoms with Crippen molar-refractivity contribution in [3.8, 4) is 0 Å². The fourth-order valence-corrected chi connectivity index (χ4v) is 0.348. The lowest BCUT2D eigenvalue weighted by Crippen LogP contribution is -2.39. The van der Waals surface area contributed by atoms with Crippen LogP contribution in [0.15, 0.2) is 17.3 Å². The molecule has 0 aliphatic carbocycles. The number of hydrazine groups is 1. The van der Waals surface area contributed by atoms with Crippen molar-refractivity contribution in [2.75, 3.05) is 7.05 Å². The van der Waals surface area contributed by atoms with Crippen molar-refractivity contribution < 1.29 is 0 Å². The summed E-state index contributed by atoms with van der Waals surface area (Å²) in [7, 11) is 1.62. The molecule has 4 N–H and O–H groups in total. The Balaban J connectivity index is 3.28. The number of hydrogen-bond donors (Lipinski definition) is 3. The van der Waals surface area contributed by atoms with E-state index in [9.17, 15) is 0 Å². The second kappa shape index (κ2) is 5.94. The molecule has 10 heavy (non-hydrogen) atoms. The van der Waals surface area contributed by atoms with Crippen molar-refractivity contribution in [2.45, 2.75) is 13.3 Å². The van der Waals surface area contributed by atoms with Gasteiger partial charge in [0.1, 0.15) is 0 Å². The third-order valence-electron chi connectivity index (χ3n) is 0.878. The Morgan fingerprint density at radius 2 is 2.40 bits per heavy atom. The van der Waals surface area contributed by atoms with Gasteiger partial charge in [-0.1, -0.05) is 13.0 Å². The highest BCUT2D eigenvalue weighted by Gasteiger charge is 1.79. The Bertz CT molecular complexity index is 128. The van der Waals surface area contributed by atoms with E-state index in [-0.39, 0.29) is 0 Å². The molecule has 0 saturated carbocycles. The Morgan fingerprint density at radius 3 is 2.90 bits per heavy atom. The number of hydrogen-bond acceptors (Lipinski definition) is 2. The molecule has 0 rings (SSSR count). The normalized spacial score (nSPS) is 12.0. The Morgan fingerprint density at radius 1 is 1.70 bits per heavy atom. The number of nitrogens with zero attached hydrogens (tertiary/aromatic N) is 1. The number of rotatable bonds is 3. The third-order valence-corrected chi connectivity index (χ3v) is 0.878. The first-order chi connectivity index (χ1) is 4.81. The van der Waals surface area contributed by atoms with E-state index in [0.717, 1.165) is 6.42 Å². The lowest BCUT2D eigenvalue weighted by molar-refractivity contribution is 0.804. The molecule has 0 aliphatic rings. The van der Waals surface area contributed by atoms with E-state index in [1.54, 1.807) is 13.2 Å². The van der Waals surface area contributed by atoms with E-state index in [0.29, 0.717) is 5.96 Å². The van der Waals surface area contributed by atoms with Crippen LogP contribution >= 0.6 is 0 Å². The lowest BCUT2D eigenvalue weighted by atomic mass is 10.5. The van der Waals surface area contributed by atoms with E-state index < -0.39 is 0 Å². The van der Waals surface area contributed by atoms with Crippen molar-refractivity contribution in [2.24, 2.45) is 10.7 Å². The van der Waals surface area contributed by atoms with Gasteiger partial charge >= 0.3 is 0 Å². The van der Waals surface area contributed by atoms with Gasteiger partial charge in [0.15, 0.2) is 0 Å². The van der Waals surface area contributed by atoms with Crippen LogP contribution in [-0.2, 0) is 0 Å². The summed E-state index contributed by atoms with van der Waals surface area (Å²) in [5.74, 6) is 0.376. The Hall–Kier alpha value is -1.19. The Labute approximate surface area is 61.2 Å². The average Bonchev–Trinajstić information content (AvgIpc) is 1.98. The first-order valence-corrected chi connectivity index (χ1v) is 3.20. The molecule has 0 bridgehead atoms. The van der Waals surface area contributed by atoms with Crippen LogP contribution in [0.25, 0.3) is 0 Å². The quantitative estimate of drug-likeness (QED) is 0.294. The highest BCUT2D eigenvalue weighted by molar-refractivity contribution is 5.77. The van der Waals surface area contributed by atoms with Gasteiger partial charge in [0.2, 0.25) is 5.96 Å². The molecule has 58 valence electrons. The van der Waals surface area contributed by atoms with Gasteiger partial charge in [0.25, 0.3) is 0 Å². The lowest BCUT2D eigenvalue weighted by Gasteiger charge is -2.01. The summed E-state index contributed by atoms with van der Waals surface area (Å²) in [6.07, 6.45) is 4.74. The first kappa shape index (κ1) is 8.81.